The summed E-state index contributed by atoms with van der Waals surface area (Å²) in [6, 6.07) is 13.2. The van der Waals surface area contributed by atoms with Crippen LogP contribution < -0.4 is 9.80 Å². The summed E-state index contributed by atoms with van der Waals surface area (Å²) in [5.74, 6) is -0.126. The van der Waals surface area contributed by atoms with E-state index in [1.165, 1.54) is 12.3 Å². The molecule has 2 aromatic carbocycles. The zero-order valence-corrected chi connectivity index (χ0v) is 20.1. The van der Waals surface area contributed by atoms with Gasteiger partial charge in [-0.15, -0.1) is 0 Å². The lowest BCUT2D eigenvalue weighted by atomic mass is 10.1. The molecule has 1 amide bonds. The summed E-state index contributed by atoms with van der Waals surface area (Å²) in [5.41, 5.74) is 4.49. The number of allylic oxidation sites excluding steroid dienone is 1. The number of piperazine rings is 1. The number of carbonyl (C=O) groups is 1. The Kier molecular flexibility index (Phi) is 6.76. The molecule has 0 unspecified atom stereocenters. The van der Waals surface area contributed by atoms with E-state index in [2.05, 4.69) is 40.6 Å². The number of hydrogen-bond acceptors (Lipinski definition) is 6. The predicted molar refractivity (Wildman–Crippen MR) is 132 cm³/mol. The molecule has 2 heterocycles. The van der Waals surface area contributed by atoms with Gasteiger partial charge in [-0.3, -0.25) is 4.79 Å². The minimum absolute atomic E-state index is 0.126. The Morgan fingerprint density at radius 2 is 1.55 bits per heavy atom. The van der Waals surface area contributed by atoms with Gasteiger partial charge in [0.25, 0.3) is 5.91 Å². The highest BCUT2D eigenvalue weighted by molar-refractivity contribution is 7.90. The van der Waals surface area contributed by atoms with Gasteiger partial charge in [-0.25, -0.2) is 8.42 Å². The number of amides is 1. The maximum Gasteiger partial charge on any atom is 0.256 e. The molecule has 0 aliphatic carbocycles. The molecular weight excluding hydrogens is 438 g/mol. The van der Waals surface area contributed by atoms with Gasteiger partial charge in [-0.05, 0) is 42.8 Å². The second kappa shape index (κ2) is 9.57. The summed E-state index contributed by atoms with van der Waals surface area (Å²) < 4.78 is 29.8. The van der Waals surface area contributed by atoms with Crippen LogP contribution in [-0.2, 0) is 14.6 Å². The van der Waals surface area contributed by atoms with Crippen molar-refractivity contribution >= 4 is 32.7 Å². The highest BCUT2D eigenvalue weighted by Crippen LogP contribution is 2.28. The smallest absolute Gasteiger partial charge is 0.256 e. The fraction of sp³-hybridized carbons (Fsp3) is 0.400. The Balaban J connectivity index is 1.53. The number of sulfone groups is 1. The molecule has 8 heteroatoms. The van der Waals surface area contributed by atoms with Crippen LogP contribution in [0.5, 0.6) is 0 Å². The predicted octanol–water partition coefficient (Wildman–Crippen LogP) is 2.92. The second-order valence-corrected chi connectivity index (χ2v) is 10.7. The molecule has 0 saturated carbocycles. The van der Waals surface area contributed by atoms with E-state index in [-0.39, 0.29) is 10.8 Å². The van der Waals surface area contributed by atoms with Gasteiger partial charge in [-0.2, -0.15) is 0 Å². The fourth-order valence-electron chi connectivity index (χ4n) is 4.29. The molecule has 0 bridgehead atoms. The SMILES string of the molecule is C=C(C)c1ccc(N2CCN(C(=O)c3cc(S(C)(=O)=O)ccc3N3CCOCC3)CC2)cc1. The minimum atomic E-state index is -3.42. The number of nitrogens with zero attached hydrogens (tertiary/aromatic N) is 3. The van der Waals surface area contributed by atoms with E-state index in [1.807, 2.05) is 11.8 Å². The fourth-order valence-corrected chi connectivity index (χ4v) is 4.94. The molecule has 2 aromatic rings. The second-order valence-electron chi connectivity index (χ2n) is 8.66. The first-order valence-electron chi connectivity index (χ1n) is 11.2. The molecule has 2 aliphatic heterocycles. The first kappa shape index (κ1) is 23.3. The van der Waals surface area contributed by atoms with E-state index < -0.39 is 9.84 Å². The molecule has 33 heavy (non-hydrogen) atoms. The zero-order chi connectivity index (χ0) is 23.6. The van der Waals surface area contributed by atoms with Gasteiger partial charge < -0.3 is 19.4 Å². The van der Waals surface area contributed by atoms with Crippen molar-refractivity contribution < 1.29 is 17.9 Å². The molecule has 176 valence electrons. The zero-order valence-electron chi connectivity index (χ0n) is 19.3. The lowest BCUT2D eigenvalue weighted by Gasteiger charge is -2.37. The van der Waals surface area contributed by atoms with Crippen molar-refractivity contribution in [3.8, 4) is 0 Å². The van der Waals surface area contributed by atoms with Crippen molar-refractivity contribution in [1.29, 1.82) is 0 Å². The standard InChI is InChI=1S/C25H31N3O4S/c1-19(2)20-4-6-21(7-5-20)26-10-12-28(13-11-26)25(29)23-18-22(33(3,30)31)8-9-24(23)27-14-16-32-17-15-27/h4-9,18H,1,10-17H2,2-3H3. The third-order valence-electron chi connectivity index (χ3n) is 6.27. The molecule has 7 nitrogen and oxygen atoms in total. The number of anilines is 2. The van der Waals surface area contributed by atoms with Gasteiger partial charge >= 0.3 is 0 Å². The van der Waals surface area contributed by atoms with Crippen molar-refractivity contribution in [2.45, 2.75) is 11.8 Å². The highest BCUT2D eigenvalue weighted by atomic mass is 32.2. The summed E-state index contributed by atoms with van der Waals surface area (Å²) in [5, 5.41) is 0. The van der Waals surface area contributed by atoms with Crippen LogP contribution >= 0.6 is 0 Å². The van der Waals surface area contributed by atoms with Crippen molar-refractivity contribution in [1.82, 2.24) is 4.90 Å². The van der Waals surface area contributed by atoms with Crippen molar-refractivity contribution in [3.05, 3.63) is 60.2 Å². The van der Waals surface area contributed by atoms with Crippen molar-refractivity contribution in [3.63, 3.8) is 0 Å². The largest absolute Gasteiger partial charge is 0.378 e. The van der Waals surface area contributed by atoms with E-state index >= 15 is 0 Å². The van der Waals surface area contributed by atoms with Gasteiger partial charge in [-0.1, -0.05) is 24.3 Å². The Morgan fingerprint density at radius 3 is 2.12 bits per heavy atom. The van der Waals surface area contributed by atoms with Crippen molar-refractivity contribution in [2.24, 2.45) is 0 Å². The lowest BCUT2D eigenvalue weighted by Crippen LogP contribution is -2.49. The molecule has 0 aromatic heterocycles. The van der Waals surface area contributed by atoms with Crippen LogP contribution in [0.4, 0.5) is 11.4 Å². The number of benzene rings is 2. The number of hydrogen-bond donors (Lipinski definition) is 0. The van der Waals surface area contributed by atoms with Crippen LogP contribution in [0.3, 0.4) is 0 Å². The third-order valence-corrected chi connectivity index (χ3v) is 7.38. The normalized spacial score (nSPS) is 17.2. The molecule has 4 rings (SSSR count). The summed E-state index contributed by atoms with van der Waals surface area (Å²) in [6.07, 6.45) is 1.17. The number of rotatable bonds is 5. The van der Waals surface area contributed by atoms with Crippen molar-refractivity contribution in [2.75, 3.05) is 68.5 Å². The van der Waals surface area contributed by atoms with Gasteiger partial charge in [0.15, 0.2) is 9.84 Å². The van der Waals surface area contributed by atoms with Crippen LogP contribution in [0.2, 0.25) is 0 Å². The van der Waals surface area contributed by atoms with Crippen LogP contribution in [0, 0.1) is 0 Å². The Morgan fingerprint density at radius 1 is 0.909 bits per heavy atom. The highest BCUT2D eigenvalue weighted by Gasteiger charge is 2.27. The van der Waals surface area contributed by atoms with Crippen LogP contribution in [-0.4, -0.2) is 78.0 Å². The first-order valence-corrected chi connectivity index (χ1v) is 13.1. The van der Waals surface area contributed by atoms with E-state index in [1.54, 1.807) is 12.1 Å². The van der Waals surface area contributed by atoms with Crippen LogP contribution in [0.25, 0.3) is 5.57 Å². The molecule has 2 fully saturated rings. The van der Waals surface area contributed by atoms with Gasteiger partial charge in [0.1, 0.15) is 0 Å². The third kappa shape index (κ3) is 5.23. The molecular formula is C25H31N3O4S. The Bertz CT molecular complexity index is 1130. The first-order chi connectivity index (χ1) is 15.7. The number of morpholine rings is 1. The maximum atomic E-state index is 13.6. The quantitative estimate of drug-likeness (QED) is 0.671. The monoisotopic (exact) mass is 469 g/mol. The van der Waals surface area contributed by atoms with E-state index in [4.69, 9.17) is 4.74 Å². The molecule has 2 saturated heterocycles. The van der Waals surface area contributed by atoms with E-state index in [9.17, 15) is 13.2 Å². The molecule has 0 spiro atoms. The number of ether oxygens (including phenoxy) is 1. The maximum absolute atomic E-state index is 13.6. The average Bonchev–Trinajstić information content (AvgIpc) is 2.83. The van der Waals surface area contributed by atoms with Crippen LogP contribution in [0.15, 0.2) is 53.9 Å². The number of carbonyl (C=O) groups excluding carboxylic acids is 1. The molecule has 0 N–H and O–H groups in total. The van der Waals surface area contributed by atoms with E-state index in [0.29, 0.717) is 45.0 Å². The molecule has 0 radical (unpaired) electrons. The van der Waals surface area contributed by atoms with Gasteiger partial charge in [0.05, 0.1) is 23.7 Å². The Labute approximate surface area is 196 Å². The van der Waals surface area contributed by atoms with Crippen LogP contribution in [0.1, 0.15) is 22.8 Å². The molecule has 0 atom stereocenters. The average molecular weight is 470 g/mol. The van der Waals surface area contributed by atoms with E-state index in [0.717, 1.165) is 35.6 Å². The Hall–Kier alpha value is -2.84. The summed E-state index contributed by atoms with van der Waals surface area (Å²) in [6.45, 7) is 11.1. The molecule has 2 aliphatic rings. The van der Waals surface area contributed by atoms with Gasteiger partial charge in [0, 0.05) is 56.9 Å². The lowest BCUT2D eigenvalue weighted by molar-refractivity contribution is 0.0746. The summed E-state index contributed by atoms with van der Waals surface area (Å²) in [4.78, 5) is 19.9. The topological polar surface area (TPSA) is 70.2 Å². The summed E-state index contributed by atoms with van der Waals surface area (Å²) >= 11 is 0. The van der Waals surface area contributed by atoms with Gasteiger partial charge in [0.2, 0.25) is 0 Å². The summed E-state index contributed by atoms with van der Waals surface area (Å²) in [7, 11) is -3.42. The minimum Gasteiger partial charge on any atom is -0.378 e.